The zero-order chi connectivity index (χ0) is 15.4. The third kappa shape index (κ3) is 4.19. The topological polar surface area (TPSA) is 21.3 Å². The number of hydrogen-bond acceptors (Lipinski definition) is 2. The summed E-state index contributed by atoms with van der Waals surface area (Å²) in [6.07, 6.45) is 0. The van der Waals surface area contributed by atoms with Crippen LogP contribution in [0.4, 0.5) is 4.39 Å². The molecule has 0 aromatic heterocycles. The SMILES string of the molecule is CCNC(C)c1cc(F)ccc1Oc1cc(Br)ccc1Cl. The van der Waals surface area contributed by atoms with Gasteiger partial charge in [0, 0.05) is 16.1 Å². The quantitative estimate of drug-likeness (QED) is 0.726. The van der Waals surface area contributed by atoms with Gasteiger partial charge in [0.05, 0.1) is 5.02 Å². The maximum atomic E-state index is 13.5. The second kappa shape index (κ2) is 7.25. The van der Waals surface area contributed by atoms with Crippen molar-refractivity contribution in [1.82, 2.24) is 5.32 Å². The fourth-order valence-corrected chi connectivity index (χ4v) is 2.54. The molecule has 0 fully saturated rings. The van der Waals surface area contributed by atoms with Crippen molar-refractivity contribution in [3.05, 3.63) is 57.3 Å². The third-order valence-electron chi connectivity index (χ3n) is 3.06. The van der Waals surface area contributed by atoms with Crippen molar-refractivity contribution < 1.29 is 9.13 Å². The summed E-state index contributed by atoms with van der Waals surface area (Å²) in [5.41, 5.74) is 0.757. The minimum Gasteiger partial charge on any atom is -0.455 e. The summed E-state index contributed by atoms with van der Waals surface area (Å²) >= 11 is 9.52. The van der Waals surface area contributed by atoms with Crippen molar-refractivity contribution in [2.24, 2.45) is 0 Å². The Morgan fingerprint density at radius 2 is 2.00 bits per heavy atom. The lowest BCUT2D eigenvalue weighted by molar-refractivity contribution is 0.459. The maximum absolute atomic E-state index is 13.5. The van der Waals surface area contributed by atoms with Gasteiger partial charge in [-0.15, -0.1) is 0 Å². The lowest BCUT2D eigenvalue weighted by atomic mass is 10.1. The summed E-state index contributed by atoms with van der Waals surface area (Å²) < 4.78 is 20.3. The van der Waals surface area contributed by atoms with Crippen molar-refractivity contribution in [2.75, 3.05) is 6.54 Å². The van der Waals surface area contributed by atoms with E-state index in [1.807, 2.05) is 19.9 Å². The zero-order valence-corrected chi connectivity index (χ0v) is 14.1. The third-order valence-corrected chi connectivity index (χ3v) is 3.87. The highest BCUT2D eigenvalue weighted by Gasteiger charge is 2.14. The van der Waals surface area contributed by atoms with E-state index in [-0.39, 0.29) is 11.9 Å². The van der Waals surface area contributed by atoms with Crippen LogP contribution in [-0.2, 0) is 0 Å². The van der Waals surface area contributed by atoms with E-state index in [1.54, 1.807) is 18.2 Å². The second-order valence-corrected chi connectivity index (χ2v) is 5.96. The molecule has 21 heavy (non-hydrogen) atoms. The van der Waals surface area contributed by atoms with Gasteiger partial charge in [-0.1, -0.05) is 34.5 Å². The normalized spacial score (nSPS) is 12.2. The van der Waals surface area contributed by atoms with Gasteiger partial charge in [0.2, 0.25) is 0 Å². The Bertz CT molecular complexity index is 636. The smallest absolute Gasteiger partial charge is 0.147 e. The van der Waals surface area contributed by atoms with Crippen LogP contribution in [0, 0.1) is 5.82 Å². The molecule has 0 saturated carbocycles. The molecule has 2 aromatic carbocycles. The van der Waals surface area contributed by atoms with Crippen LogP contribution in [0.5, 0.6) is 11.5 Å². The van der Waals surface area contributed by atoms with E-state index in [4.69, 9.17) is 16.3 Å². The molecule has 0 bridgehead atoms. The van der Waals surface area contributed by atoms with Gasteiger partial charge < -0.3 is 10.1 Å². The molecule has 5 heteroatoms. The van der Waals surface area contributed by atoms with Gasteiger partial charge >= 0.3 is 0 Å². The first-order valence-corrected chi connectivity index (χ1v) is 7.84. The first-order chi connectivity index (χ1) is 10.0. The van der Waals surface area contributed by atoms with Crippen LogP contribution in [0.15, 0.2) is 40.9 Å². The first-order valence-electron chi connectivity index (χ1n) is 6.67. The van der Waals surface area contributed by atoms with Gasteiger partial charge in [-0.3, -0.25) is 0 Å². The van der Waals surface area contributed by atoms with Gasteiger partial charge in [0.1, 0.15) is 17.3 Å². The molecule has 0 spiro atoms. The highest BCUT2D eigenvalue weighted by Crippen LogP contribution is 2.35. The zero-order valence-electron chi connectivity index (χ0n) is 11.8. The van der Waals surface area contributed by atoms with E-state index in [1.165, 1.54) is 12.1 Å². The fraction of sp³-hybridized carbons (Fsp3) is 0.250. The van der Waals surface area contributed by atoms with Crippen molar-refractivity contribution in [2.45, 2.75) is 19.9 Å². The summed E-state index contributed by atoms with van der Waals surface area (Å²) in [6.45, 7) is 4.75. The molecule has 1 unspecified atom stereocenters. The second-order valence-electron chi connectivity index (χ2n) is 4.64. The van der Waals surface area contributed by atoms with Crippen LogP contribution in [0.3, 0.4) is 0 Å². The summed E-state index contributed by atoms with van der Waals surface area (Å²) in [4.78, 5) is 0. The minimum atomic E-state index is -0.289. The number of nitrogens with one attached hydrogen (secondary N) is 1. The highest BCUT2D eigenvalue weighted by atomic mass is 79.9. The van der Waals surface area contributed by atoms with Crippen LogP contribution in [0.25, 0.3) is 0 Å². The average molecular weight is 373 g/mol. The number of benzene rings is 2. The Morgan fingerprint density at radius 3 is 2.71 bits per heavy atom. The van der Waals surface area contributed by atoms with Crippen LogP contribution in [-0.4, -0.2) is 6.54 Å². The van der Waals surface area contributed by atoms with Gasteiger partial charge in [-0.2, -0.15) is 0 Å². The molecule has 2 nitrogen and oxygen atoms in total. The molecule has 0 heterocycles. The average Bonchev–Trinajstić information content (AvgIpc) is 2.45. The van der Waals surface area contributed by atoms with Crippen molar-refractivity contribution in [3.8, 4) is 11.5 Å². The Kier molecular flexibility index (Phi) is 5.62. The Labute approximate surface area is 137 Å². The van der Waals surface area contributed by atoms with Crippen LogP contribution in [0.2, 0.25) is 5.02 Å². The standard InChI is InChI=1S/C16H16BrClFNO/c1-3-20-10(2)13-9-12(19)5-7-15(13)21-16-8-11(17)4-6-14(16)18/h4-10,20H,3H2,1-2H3. The molecule has 0 aliphatic carbocycles. The van der Waals surface area contributed by atoms with Crippen molar-refractivity contribution >= 4 is 27.5 Å². The predicted molar refractivity (Wildman–Crippen MR) is 87.7 cm³/mol. The molecule has 0 aliphatic rings. The predicted octanol–water partition coefficient (Wildman–Crippen LogP) is 5.70. The minimum absolute atomic E-state index is 0.0216. The molecule has 1 N–H and O–H groups in total. The Morgan fingerprint density at radius 1 is 1.24 bits per heavy atom. The lowest BCUT2D eigenvalue weighted by Gasteiger charge is -2.18. The monoisotopic (exact) mass is 371 g/mol. The maximum Gasteiger partial charge on any atom is 0.147 e. The van der Waals surface area contributed by atoms with E-state index >= 15 is 0 Å². The number of rotatable bonds is 5. The summed E-state index contributed by atoms with van der Waals surface area (Å²) in [6, 6.07) is 9.83. The van der Waals surface area contributed by atoms with Gasteiger partial charge in [-0.05, 0) is 49.9 Å². The molecule has 0 amide bonds. The Hall–Kier alpha value is -1.10. The van der Waals surface area contributed by atoms with Crippen LogP contribution < -0.4 is 10.1 Å². The number of ether oxygens (including phenoxy) is 1. The van der Waals surface area contributed by atoms with Crippen molar-refractivity contribution in [1.29, 1.82) is 0 Å². The van der Waals surface area contributed by atoms with Gasteiger partial charge in [0.15, 0.2) is 0 Å². The fourth-order valence-electron chi connectivity index (χ4n) is 2.04. The highest BCUT2D eigenvalue weighted by molar-refractivity contribution is 9.10. The number of halogens is 3. The summed E-state index contributed by atoms with van der Waals surface area (Å²) in [5, 5.41) is 3.76. The van der Waals surface area contributed by atoms with E-state index in [0.29, 0.717) is 16.5 Å². The van der Waals surface area contributed by atoms with E-state index < -0.39 is 0 Å². The first kappa shape index (κ1) is 16.3. The molecule has 2 aromatic rings. The van der Waals surface area contributed by atoms with Gasteiger partial charge in [0.25, 0.3) is 0 Å². The Balaban J connectivity index is 2.37. The summed E-state index contributed by atoms with van der Waals surface area (Å²) in [7, 11) is 0. The number of hydrogen-bond donors (Lipinski definition) is 1. The van der Waals surface area contributed by atoms with E-state index in [0.717, 1.165) is 16.6 Å². The molecular weight excluding hydrogens is 357 g/mol. The molecule has 2 rings (SSSR count). The van der Waals surface area contributed by atoms with Gasteiger partial charge in [-0.25, -0.2) is 4.39 Å². The lowest BCUT2D eigenvalue weighted by Crippen LogP contribution is -2.18. The molecular formula is C16H16BrClFNO. The molecule has 0 radical (unpaired) electrons. The van der Waals surface area contributed by atoms with E-state index in [9.17, 15) is 4.39 Å². The summed E-state index contributed by atoms with van der Waals surface area (Å²) in [5.74, 6) is 0.829. The molecule has 0 aliphatic heterocycles. The van der Waals surface area contributed by atoms with Crippen LogP contribution in [0.1, 0.15) is 25.5 Å². The largest absolute Gasteiger partial charge is 0.455 e. The molecule has 112 valence electrons. The van der Waals surface area contributed by atoms with Crippen molar-refractivity contribution in [3.63, 3.8) is 0 Å². The molecule has 1 atom stereocenters. The molecule has 0 saturated heterocycles. The van der Waals surface area contributed by atoms with E-state index in [2.05, 4.69) is 21.2 Å². The van der Waals surface area contributed by atoms with Crippen LogP contribution >= 0.6 is 27.5 Å².